The molecule has 0 radical (unpaired) electrons. The highest BCUT2D eigenvalue weighted by Crippen LogP contribution is 2.34. The third-order valence-electron chi connectivity index (χ3n) is 3.98. The van der Waals surface area contributed by atoms with Crippen molar-refractivity contribution in [3.05, 3.63) is 42.7 Å². The van der Waals surface area contributed by atoms with Crippen LogP contribution in [0.5, 0.6) is 11.5 Å². The zero-order valence-electron chi connectivity index (χ0n) is 12.3. The summed E-state index contributed by atoms with van der Waals surface area (Å²) >= 11 is 0. The van der Waals surface area contributed by atoms with Crippen molar-refractivity contribution >= 4 is 5.95 Å². The molecule has 114 valence electrons. The van der Waals surface area contributed by atoms with Crippen molar-refractivity contribution in [3.8, 4) is 11.5 Å². The predicted octanol–water partition coefficient (Wildman–Crippen LogP) is 1.40. The molecule has 2 aliphatic rings. The van der Waals surface area contributed by atoms with Crippen molar-refractivity contribution in [2.45, 2.75) is 6.29 Å². The summed E-state index contributed by atoms with van der Waals surface area (Å²) in [6, 6.07) is 9.65. The fourth-order valence-electron chi connectivity index (χ4n) is 2.82. The second-order valence-electron chi connectivity index (χ2n) is 5.45. The minimum Gasteiger partial charge on any atom is -0.450 e. The van der Waals surface area contributed by atoms with Crippen LogP contribution in [-0.4, -0.2) is 53.9 Å². The zero-order chi connectivity index (χ0) is 14.8. The van der Waals surface area contributed by atoms with Crippen LogP contribution in [0.25, 0.3) is 0 Å². The Hall–Kier alpha value is -2.34. The average Bonchev–Trinajstić information content (AvgIpc) is 2.98. The number of nitrogens with zero attached hydrogens (tertiary/aromatic N) is 4. The minimum atomic E-state index is -0.211. The van der Waals surface area contributed by atoms with E-state index < -0.39 is 0 Å². The van der Waals surface area contributed by atoms with Gasteiger partial charge in [-0.25, -0.2) is 9.97 Å². The SMILES string of the molecule is c1cnc(N2CCN(CC3Oc4ccccc4O3)CC2)nc1. The molecule has 0 saturated carbocycles. The first-order chi connectivity index (χ1) is 10.9. The van der Waals surface area contributed by atoms with Crippen molar-refractivity contribution < 1.29 is 9.47 Å². The van der Waals surface area contributed by atoms with Gasteiger partial charge in [-0.1, -0.05) is 12.1 Å². The summed E-state index contributed by atoms with van der Waals surface area (Å²) in [5.41, 5.74) is 0. The topological polar surface area (TPSA) is 50.7 Å². The second-order valence-corrected chi connectivity index (χ2v) is 5.45. The maximum Gasteiger partial charge on any atom is 0.254 e. The van der Waals surface area contributed by atoms with Crippen LogP contribution in [0, 0.1) is 0 Å². The smallest absolute Gasteiger partial charge is 0.254 e. The lowest BCUT2D eigenvalue weighted by Crippen LogP contribution is -2.50. The summed E-state index contributed by atoms with van der Waals surface area (Å²) in [6.45, 7) is 4.53. The second kappa shape index (κ2) is 5.81. The summed E-state index contributed by atoms with van der Waals surface area (Å²) < 4.78 is 11.6. The number of benzene rings is 1. The number of hydrogen-bond donors (Lipinski definition) is 0. The highest BCUT2D eigenvalue weighted by Gasteiger charge is 2.27. The fourth-order valence-corrected chi connectivity index (χ4v) is 2.82. The maximum absolute atomic E-state index is 5.82. The van der Waals surface area contributed by atoms with E-state index >= 15 is 0 Å². The van der Waals surface area contributed by atoms with Crippen molar-refractivity contribution in [3.63, 3.8) is 0 Å². The van der Waals surface area contributed by atoms with Crippen molar-refractivity contribution in [2.24, 2.45) is 0 Å². The number of rotatable bonds is 3. The number of aromatic nitrogens is 2. The molecule has 1 fully saturated rings. The lowest BCUT2D eigenvalue weighted by Gasteiger charge is -2.35. The van der Waals surface area contributed by atoms with Gasteiger partial charge in [-0.2, -0.15) is 0 Å². The van der Waals surface area contributed by atoms with Gasteiger partial charge in [0.1, 0.15) is 0 Å². The van der Waals surface area contributed by atoms with Crippen LogP contribution < -0.4 is 14.4 Å². The van der Waals surface area contributed by atoms with E-state index in [1.54, 1.807) is 12.4 Å². The Morgan fingerprint density at radius 1 is 0.909 bits per heavy atom. The van der Waals surface area contributed by atoms with Crippen LogP contribution in [0.15, 0.2) is 42.7 Å². The molecule has 6 heteroatoms. The summed E-state index contributed by atoms with van der Waals surface area (Å²) in [6.07, 6.45) is 3.36. The summed E-state index contributed by atoms with van der Waals surface area (Å²) in [7, 11) is 0. The van der Waals surface area contributed by atoms with Gasteiger partial charge in [-0.05, 0) is 18.2 Å². The number of anilines is 1. The van der Waals surface area contributed by atoms with Gasteiger partial charge < -0.3 is 14.4 Å². The molecule has 0 bridgehead atoms. The summed E-state index contributed by atoms with van der Waals surface area (Å²) in [5, 5.41) is 0. The van der Waals surface area contributed by atoms with E-state index in [4.69, 9.17) is 9.47 Å². The lowest BCUT2D eigenvalue weighted by atomic mass is 10.3. The summed E-state index contributed by atoms with van der Waals surface area (Å²) in [5.74, 6) is 2.48. The van der Waals surface area contributed by atoms with Crippen LogP contribution in [-0.2, 0) is 0 Å². The highest BCUT2D eigenvalue weighted by molar-refractivity contribution is 5.41. The van der Waals surface area contributed by atoms with E-state index in [2.05, 4.69) is 19.8 Å². The molecule has 0 aliphatic carbocycles. The molecular formula is C16H18N4O2. The fraction of sp³-hybridized carbons (Fsp3) is 0.375. The van der Waals surface area contributed by atoms with E-state index in [-0.39, 0.29) is 6.29 Å². The lowest BCUT2D eigenvalue weighted by molar-refractivity contribution is 0.0136. The molecule has 1 aromatic carbocycles. The Kier molecular flexibility index (Phi) is 3.52. The molecule has 2 aromatic rings. The van der Waals surface area contributed by atoms with Gasteiger partial charge in [0.15, 0.2) is 11.5 Å². The molecule has 1 aromatic heterocycles. The first kappa shape index (κ1) is 13.3. The van der Waals surface area contributed by atoms with Crippen LogP contribution in [0.4, 0.5) is 5.95 Å². The molecule has 4 rings (SSSR count). The number of ether oxygens (including phenoxy) is 2. The van der Waals surface area contributed by atoms with E-state index in [9.17, 15) is 0 Å². The molecule has 0 N–H and O–H groups in total. The molecule has 2 aliphatic heterocycles. The normalized spacial score (nSPS) is 18.6. The third-order valence-corrected chi connectivity index (χ3v) is 3.98. The molecule has 3 heterocycles. The van der Waals surface area contributed by atoms with Crippen molar-refractivity contribution in [1.29, 1.82) is 0 Å². The monoisotopic (exact) mass is 298 g/mol. The molecule has 6 nitrogen and oxygen atoms in total. The Balaban J connectivity index is 1.30. The van der Waals surface area contributed by atoms with Crippen molar-refractivity contribution in [1.82, 2.24) is 14.9 Å². The Morgan fingerprint density at radius 3 is 2.18 bits per heavy atom. The molecule has 0 unspecified atom stereocenters. The third kappa shape index (κ3) is 2.69. The maximum atomic E-state index is 5.82. The van der Waals surface area contributed by atoms with E-state index in [1.165, 1.54) is 0 Å². The van der Waals surface area contributed by atoms with Crippen LogP contribution in [0.2, 0.25) is 0 Å². The summed E-state index contributed by atoms with van der Waals surface area (Å²) in [4.78, 5) is 13.2. The molecule has 0 spiro atoms. The molecule has 22 heavy (non-hydrogen) atoms. The Morgan fingerprint density at radius 2 is 1.55 bits per heavy atom. The van der Waals surface area contributed by atoms with Crippen molar-refractivity contribution in [2.75, 3.05) is 37.6 Å². The largest absolute Gasteiger partial charge is 0.450 e. The molecule has 0 atom stereocenters. The van der Waals surface area contributed by atoms with E-state index in [0.717, 1.165) is 50.2 Å². The van der Waals surface area contributed by atoms with Gasteiger partial charge in [0.25, 0.3) is 6.29 Å². The number of piperazine rings is 1. The first-order valence-corrected chi connectivity index (χ1v) is 7.55. The zero-order valence-corrected chi connectivity index (χ0v) is 12.3. The average molecular weight is 298 g/mol. The van der Waals surface area contributed by atoms with Crippen LogP contribution >= 0.6 is 0 Å². The standard InChI is InChI=1S/C16H18N4O2/c1-2-5-14-13(4-1)21-15(22-14)12-19-8-10-20(11-9-19)16-17-6-3-7-18-16/h1-7,15H,8-12H2. The van der Waals surface area contributed by atoms with Crippen LogP contribution in [0.1, 0.15) is 0 Å². The van der Waals surface area contributed by atoms with Gasteiger partial charge in [0, 0.05) is 38.6 Å². The quantitative estimate of drug-likeness (QED) is 0.853. The van der Waals surface area contributed by atoms with Crippen LogP contribution in [0.3, 0.4) is 0 Å². The minimum absolute atomic E-state index is 0.211. The molecule has 1 saturated heterocycles. The number of para-hydroxylation sites is 2. The van der Waals surface area contributed by atoms with Gasteiger partial charge in [0.2, 0.25) is 5.95 Å². The van der Waals surface area contributed by atoms with Gasteiger partial charge >= 0.3 is 0 Å². The Labute approximate surface area is 129 Å². The number of fused-ring (bicyclic) bond motifs is 1. The van der Waals surface area contributed by atoms with Gasteiger partial charge in [-0.3, -0.25) is 4.90 Å². The molecule has 0 amide bonds. The van der Waals surface area contributed by atoms with Gasteiger partial charge in [-0.15, -0.1) is 0 Å². The number of hydrogen-bond acceptors (Lipinski definition) is 6. The van der Waals surface area contributed by atoms with Gasteiger partial charge in [0.05, 0.1) is 6.54 Å². The highest BCUT2D eigenvalue weighted by atomic mass is 16.7. The predicted molar refractivity (Wildman–Crippen MR) is 82.2 cm³/mol. The Bertz CT molecular complexity index is 604. The molecular weight excluding hydrogens is 280 g/mol. The van der Waals surface area contributed by atoms with E-state index in [0.29, 0.717) is 0 Å². The van der Waals surface area contributed by atoms with E-state index in [1.807, 2.05) is 30.3 Å². The first-order valence-electron chi connectivity index (χ1n) is 7.55.